The van der Waals surface area contributed by atoms with Crippen LogP contribution in [0.15, 0.2) is 24.3 Å². The van der Waals surface area contributed by atoms with Crippen molar-refractivity contribution in [2.45, 2.75) is 19.9 Å². The number of ether oxygens (including phenoxy) is 1. The van der Waals surface area contributed by atoms with E-state index in [0.29, 0.717) is 44.1 Å². The average molecular weight is 446 g/mol. The zero-order chi connectivity index (χ0) is 22.2. The summed E-state index contributed by atoms with van der Waals surface area (Å²) in [6.07, 6.45) is 3.57. The molecule has 2 aromatic rings. The molecule has 31 heavy (non-hydrogen) atoms. The summed E-state index contributed by atoms with van der Waals surface area (Å²) < 4.78 is 5.30. The highest BCUT2D eigenvalue weighted by atomic mass is 32.1. The second-order valence-corrected chi connectivity index (χ2v) is 7.00. The Kier molecular flexibility index (Phi) is 7.56. The molecular formula is C18H22N8O4S. The Morgan fingerprint density at radius 3 is 2.87 bits per heavy atom. The minimum atomic E-state index is -0.502. The lowest BCUT2D eigenvalue weighted by molar-refractivity contribution is -0.384. The smallest absolute Gasteiger partial charge is 0.293 e. The van der Waals surface area contributed by atoms with Crippen LogP contribution in [-0.2, 0) is 16.1 Å². The standard InChI is InChI=1S/C18H22N8O4S/c1-2-7-25-22-17(21-23-25)20-18(31)19-16(27)6-4-13-3-5-14(15(12-13)26(28)29)24-8-10-30-11-9-24/h3-6,12H,2,7-11H2,1H3,(H2,19,20,22,27,31)/b6-4+. The van der Waals surface area contributed by atoms with Gasteiger partial charge >= 0.3 is 0 Å². The molecule has 1 aromatic carbocycles. The fourth-order valence-corrected chi connectivity index (χ4v) is 3.10. The van der Waals surface area contributed by atoms with Crippen LogP contribution in [-0.4, -0.2) is 62.5 Å². The van der Waals surface area contributed by atoms with Gasteiger partial charge < -0.3 is 9.64 Å². The van der Waals surface area contributed by atoms with Crippen molar-refractivity contribution in [2.75, 3.05) is 36.5 Å². The van der Waals surface area contributed by atoms with Crippen LogP contribution in [0, 0.1) is 10.1 Å². The van der Waals surface area contributed by atoms with Crippen LogP contribution in [0.1, 0.15) is 18.9 Å². The van der Waals surface area contributed by atoms with E-state index >= 15 is 0 Å². The molecule has 0 unspecified atom stereocenters. The number of hydrogen-bond donors (Lipinski definition) is 2. The Balaban J connectivity index is 1.60. The Hall–Kier alpha value is -3.45. The first-order chi connectivity index (χ1) is 15.0. The Morgan fingerprint density at radius 1 is 1.39 bits per heavy atom. The van der Waals surface area contributed by atoms with Crippen LogP contribution in [0.5, 0.6) is 0 Å². The van der Waals surface area contributed by atoms with Crippen molar-refractivity contribution < 1.29 is 14.5 Å². The van der Waals surface area contributed by atoms with Crippen molar-refractivity contribution in [1.29, 1.82) is 0 Å². The van der Waals surface area contributed by atoms with Gasteiger partial charge in [0.05, 0.1) is 24.7 Å². The number of aryl methyl sites for hydroxylation is 1. The first-order valence-electron chi connectivity index (χ1n) is 9.65. The van der Waals surface area contributed by atoms with Crippen LogP contribution >= 0.6 is 12.2 Å². The van der Waals surface area contributed by atoms with Gasteiger partial charge in [-0.3, -0.25) is 25.5 Å². The molecule has 0 bridgehead atoms. The average Bonchev–Trinajstić information content (AvgIpc) is 3.19. The first-order valence-corrected chi connectivity index (χ1v) is 10.1. The number of carbonyl (C=O) groups excluding carboxylic acids is 1. The number of benzene rings is 1. The van der Waals surface area contributed by atoms with E-state index in [-0.39, 0.29) is 16.7 Å². The third-order valence-corrected chi connectivity index (χ3v) is 4.52. The molecule has 0 saturated carbocycles. The number of nitro groups is 1. The molecule has 1 aromatic heterocycles. The third-order valence-electron chi connectivity index (χ3n) is 4.31. The number of nitrogens with one attached hydrogen (secondary N) is 2. The van der Waals surface area contributed by atoms with Gasteiger partial charge in [0.1, 0.15) is 5.69 Å². The molecule has 12 nitrogen and oxygen atoms in total. The van der Waals surface area contributed by atoms with Crippen molar-refractivity contribution in [3.05, 3.63) is 40.0 Å². The summed E-state index contributed by atoms with van der Waals surface area (Å²) in [5, 5.41) is 28.4. The fourth-order valence-electron chi connectivity index (χ4n) is 2.91. The zero-order valence-electron chi connectivity index (χ0n) is 16.9. The Bertz CT molecular complexity index is 987. The normalized spacial score (nSPS) is 13.9. The molecule has 1 amide bonds. The molecule has 0 spiro atoms. The lowest BCUT2D eigenvalue weighted by atomic mass is 10.1. The molecule has 164 valence electrons. The number of rotatable bonds is 7. The topological polar surface area (TPSA) is 140 Å². The molecule has 3 rings (SSSR count). The van der Waals surface area contributed by atoms with E-state index in [9.17, 15) is 14.9 Å². The molecule has 2 heterocycles. The quantitative estimate of drug-likeness (QED) is 0.277. The van der Waals surface area contributed by atoms with E-state index in [2.05, 4.69) is 26.0 Å². The summed E-state index contributed by atoms with van der Waals surface area (Å²) in [7, 11) is 0. The lowest BCUT2D eigenvalue weighted by Crippen LogP contribution is -2.36. The number of amides is 1. The molecule has 1 fully saturated rings. The molecule has 13 heteroatoms. The van der Waals surface area contributed by atoms with Crippen molar-refractivity contribution in [3.63, 3.8) is 0 Å². The van der Waals surface area contributed by atoms with Gasteiger partial charge in [-0.25, -0.2) is 0 Å². The maximum absolute atomic E-state index is 12.1. The number of anilines is 2. The summed E-state index contributed by atoms with van der Waals surface area (Å²) in [5.41, 5.74) is 1.02. The van der Waals surface area contributed by atoms with E-state index < -0.39 is 10.8 Å². The maximum Gasteiger partial charge on any atom is 0.293 e. The minimum Gasteiger partial charge on any atom is -0.378 e. The van der Waals surface area contributed by atoms with Crippen LogP contribution in [0.25, 0.3) is 6.08 Å². The Morgan fingerprint density at radius 2 is 2.16 bits per heavy atom. The predicted octanol–water partition coefficient (Wildman–Crippen LogP) is 1.35. The highest BCUT2D eigenvalue weighted by Gasteiger charge is 2.21. The summed E-state index contributed by atoms with van der Waals surface area (Å²) in [6.45, 7) is 4.83. The van der Waals surface area contributed by atoms with Gasteiger partial charge in [-0.15, -0.1) is 5.10 Å². The lowest BCUT2D eigenvalue weighted by Gasteiger charge is -2.28. The van der Waals surface area contributed by atoms with Gasteiger partial charge in [-0.2, -0.15) is 4.80 Å². The van der Waals surface area contributed by atoms with Gasteiger partial charge in [0, 0.05) is 25.2 Å². The van der Waals surface area contributed by atoms with E-state index in [1.54, 1.807) is 12.1 Å². The number of thiocarbonyl (C=S) groups is 1. The third kappa shape index (κ3) is 6.26. The van der Waals surface area contributed by atoms with Crippen molar-refractivity contribution in [1.82, 2.24) is 25.5 Å². The molecule has 0 radical (unpaired) electrons. The van der Waals surface area contributed by atoms with Crippen molar-refractivity contribution >= 4 is 46.6 Å². The molecular weight excluding hydrogens is 424 g/mol. The van der Waals surface area contributed by atoms with Crippen LogP contribution in [0.3, 0.4) is 0 Å². The number of hydrogen-bond acceptors (Lipinski definition) is 9. The van der Waals surface area contributed by atoms with Crippen LogP contribution < -0.4 is 15.5 Å². The molecule has 0 aliphatic carbocycles. The molecule has 1 aliphatic heterocycles. The molecule has 1 aliphatic rings. The molecule has 1 saturated heterocycles. The number of tetrazole rings is 1. The Labute approximate surface area is 183 Å². The molecule has 0 atom stereocenters. The summed E-state index contributed by atoms with van der Waals surface area (Å²) in [4.78, 5) is 26.5. The van der Waals surface area contributed by atoms with Crippen LogP contribution in [0.4, 0.5) is 17.3 Å². The van der Waals surface area contributed by atoms with E-state index in [1.165, 1.54) is 23.0 Å². The zero-order valence-corrected chi connectivity index (χ0v) is 17.7. The number of nitro benzene ring substituents is 1. The van der Waals surface area contributed by atoms with Gasteiger partial charge in [-0.05, 0) is 41.6 Å². The molecule has 2 N–H and O–H groups in total. The second kappa shape index (κ2) is 10.5. The minimum absolute atomic E-state index is 0.0133. The fraction of sp³-hybridized carbons (Fsp3) is 0.389. The number of carbonyl (C=O) groups is 1. The summed E-state index contributed by atoms with van der Waals surface area (Å²) in [5.74, 6) is -0.324. The summed E-state index contributed by atoms with van der Waals surface area (Å²) >= 11 is 5.06. The van der Waals surface area contributed by atoms with Crippen LogP contribution in [0.2, 0.25) is 0 Å². The SMILES string of the molecule is CCCn1nnc(NC(=S)NC(=O)/C=C/c2ccc(N3CCOCC3)c([N+](=O)[O-])c2)n1. The summed E-state index contributed by atoms with van der Waals surface area (Å²) in [6, 6.07) is 4.83. The van der Waals surface area contributed by atoms with E-state index in [0.717, 1.165) is 6.42 Å². The van der Waals surface area contributed by atoms with Gasteiger partial charge in [0.25, 0.3) is 11.6 Å². The largest absolute Gasteiger partial charge is 0.378 e. The monoisotopic (exact) mass is 446 g/mol. The predicted molar refractivity (Wildman–Crippen MR) is 118 cm³/mol. The highest BCUT2D eigenvalue weighted by molar-refractivity contribution is 7.80. The van der Waals surface area contributed by atoms with Crippen molar-refractivity contribution in [2.24, 2.45) is 0 Å². The first kappa shape index (κ1) is 22.2. The van der Waals surface area contributed by atoms with Gasteiger partial charge in [0.15, 0.2) is 5.11 Å². The van der Waals surface area contributed by atoms with Gasteiger partial charge in [-0.1, -0.05) is 18.1 Å². The van der Waals surface area contributed by atoms with E-state index in [4.69, 9.17) is 17.0 Å². The number of morpholine rings is 1. The number of nitrogens with zero attached hydrogens (tertiary/aromatic N) is 6. The second-order valence-electron chi connectivity index (χ2n) is 6.59. The van der Waals surface area contributed by atoms with Crippen molar-refractivity contribution in [3.8, 4) is 0 Å². The highest BCUT2D eigenvalue weighted by Crippen LogP contribution is 2.30. The van der Waals surface area contributed by atoms with Gasteiger partial charge in [0.2, 0.25) is 5.91 Å². The maximum atomic E-state index is 12.1. The van der Waals surface area contributed by atoms with E-state index in [1.807, 2.05) is 11.8 Å². The number of aromatic nitrogens is 4.